The molecule has 0 bridgehead atoms. The van der Waals surface area contributed by atoms with Gasteiger partial charge in [-0.2, -0.15) is 0 Å². The summed E-state index contributed by atoms with van der Waals surface area (Å²) in [5.74, 6) is -0.411. The fourth-order valence-corrected chi connectivity index (χ4v) is 5.22. The van der Waals surface area contributed by atoms with Gasteiger partial charge in [-0.3, -0.25) is 9.78 Å². The topological polar surface area (TPSA) is 74.7 Å². The second kappa shape index (κ2) is 9.80. The predicted molar refractivity (Wildman–Crippen MR) is 144 cm³/mol. The van der Waals surface area contributed by atoms with E-state index in [1.54, 1.807) is 25.3 Å². The highest BCUT2D eigenvalue weighted by Gasteiger charge is 2.34. The average Bonchev–Trinajstić information content (AvgIpc) is 2.88. The highest BCUT2D eigenvalue weighted by Crippen LogP contribution is 2.45. The summed E-state index contributed by atoms with van der Waals surface area (Å²) in [6.07, 6.45) is 1.92. The molecule has 0 spiro atoms. The lowest BCUT2D eigenvalue weighted by Crippen LogP contribution is -2.29. The molecule has 196 valence electrons. The average molecular weight is 516 g/mol. The summed E-state index contributed by atoms with van der Waals surface area (Å²) in [5.41, 5.74) is 3.60. The minimum atomic E-state index is -1.08. The van der Waals surface area contributed by atoms with Crippen LogP contribution < -0.4 is 4.74 Å². The zero-order valence-electron chi connectivity index (χ0n) is 22.2. The normalized spacial score (nSPS) is 13.8. The quantitative estimate of drug-likeness (QED) is 0.211. The molecule has 0 amide bonds. The van der Waals surface area contributed by atoms with Crippen molar-refractivity contribution >= 4 is 33.9 Å². The number of esters is 1. The van der Waals surface area contributed by atoms with E-state index in [1.165, 1.54) is 6.07 Å². The maximum Gasteiger partial charge on any atom is 0.339 e. The number of fused-ring (bicyclic) bond motifs is 1. The summed E-state index contributed by atoms with van der Waals surface area (Å²) in [4.78, 5) is 29.7. The van der Waals surface area contributed by atoms with Gasteiger partial charge in [0.2, 0.25) is 0 Å². The number of aromatic nitrogens is 1. The molecule has 0 fully saturated rings. The third-order valence-electron chi connectivity index (χ3n) is 6.73. The number of rotatable bonds is 6. The minimum absolute atomic E-state index is 0.0353. The van der Waals surface area contributed by atoms with Crippen LogP contribution in [0.1, 0.15) is 60.8 Å². The Morgan fingerprint density at radius 3 is 2.68 bits per heavy atom. The number of aryl methyl sites for hydroxylation is 1. The SMILES string of the molecule is CCOC(=O)C(OC(C)(C)C)c1c(C)cc2c(F)c(C=O)ccc2c1-c1ccc2c3c(ccnc13)CCO2. The van der Waals surface area contributed by atoms with Crippen molar-refractivity contribution < 1.29 is 28.2 Å². The van der Waals surface area contributed by atoms with Gasteiger partial charge in [0.15, 0.2) is 12.4 Å². The highest BCUT2D eigenvalue weighted by atomic mass is 19.1. The van der Waals surface area contributed by atoms with E-state index in [2.05, 4.69) is 0 Å². The molecule has 1 aliphatic heterocycles. The molecule has 0 radical (unpaired) electrons. The number of nitrogens with zero attached hydrogens (tertiary/aromatic N) is 1. The molecule has 38 heavy (non-hydrogen) atoms. The molecule has 0 N–H and O–H groups in total. The molecule has 7 heteroatoms. The zero-order valence-corrected chi connectivity index (χ0v) is 22.2. The minimum Gasteiger partial charge on any atom is -0.493 e. The number of pyridine rings is 1. The molecule has 1 aromatic heterocycles. The van der Waals surface area contributed by atoms with Crippen LogP contribution in [0.4, 0.5) is 4.39 Å². The van der Waals surface area contributed by atoms with E-state index in [4.69, 9.17) is 19.2 Å². The number of aldehydes is 1. The molecule has 1 aliphatic rings. The van der Waals surface area contributed by atoms with E-state index < -0.39 is 23.5 Å². The number of carbonyl (C=O) groups excluding carboxylic acids is 2. The van der Waals surface area contributed by atoms with Crippen LogP contribution in [0.25, 0.3) is 32.8 Å². The van der Waals surface area contributed by atoms with E-state index in [0.717, 1.165) is 23.1 Å². The Morgan fingerprint density at radius 1 is 1.18 bits per heavy atom. The molecule has 0 aliphatic carbocycles. The lowest BCUT2D eigenvalue weighted by molar-refractivity contribution is -0.166. The third kappa shape index (κ3) is 4.41. The van der Waals surface area contributed by atoms with E-state index in [0.29, 0.717) is 46.0 Å². The Labute approximate surface area is 220 Å². The van der Waals surface area contributed by atoms with Gasteiger partial charge < -0.3 is 14.2 Å². The number of hydrogen-bond acceptors (Lipinski definition) is 6. The first-order chi connectivity index (χ1) is 18.1. The van der Waals surface area contributed by atoms with Crippen LogP contribution in [0.5, 0.6) is 5.75 Å². The van der Waals surface area contributed by atoms with E-state index in [9.17, 15) is 9.59 Å². The van der Waals surface area contributed by atoms with E-state index in [1.807, 2.05) is 45.9 Å². The maximum absolute atomic E-state index is 15.5. The van der Waals surface area contributed by atoms with Gasteiger partial charge in [-0.25, -0.2) is 9.18 Å². The van der Waals surface area contributed by atoms with Crippen LogP contribution in [-0.4, -0.2) is 36.1 Å². The Bertz CT molecular complexity index is 1580. The van der Waals surface area contributed by atoms with Crippen molar-refractivity contribution in [3.05, 3.63) is 70.7 Å². The van der Waals surface area contributed by atoms with Crippen LogP contribution in [0.15, 0.2) is 42.6 Å². The van der Waals surface area contributed by atoms with Gasteiger partial charge in [-0.1, -0.05) is 6.07 Å². The lowest BCUT2D eigenvalue weighted by atomic mass is 9.85. The van der Waals surface area contributed by atoms with Crippen molar-refractivity contribution in [3.8, 4) is 16.9 Å². The van der Waals surface area contributed by atoms with Crippen molar-refractivity contribution in [2.75, 3.05) is 13.2 Å². The smallest absolute Gasteiger partial charge is 0.339 e. The van der Waals surface area contributed by atoms with Gasteiger partial charge in [0.1, 0.15) is 11.6 Å². The van der Waals surface area contributed by atoms with Crippen LogP contribution in [-0.2, 0) is 20.7 Å². The van der Waals surface area contributed by atoms with Crippen LogP contribution in [0, 0.1) is 12.7 Å². The second-order valence-corrected chi connectivity index (χ2v) is 10.4. The van der Waals surface area contributed by atoms with Gasteiger partial charge in [0.05, 0.1) is 29.9 Å². The van der Waals surface area contributed by atoms with E-state index in [-0.39, 0.29) is 17.6 Å². The summed E-state index contributed by atoms with van der Waals surface area (Å²) in [6.45, 7) is 9.92. The Morgan fingerprint density at radius 2 is 1.97 bits per heavy atom. The molecule has 2 heterocycles. The largest absolute Gasteiger partial charge is 0.493 e. The summed E-state index contributed by atoms with van der Waals surface area (Å²) in [6, 6.07) is 10.6. The lowest BCUT2D eigenvalue weighted by Gasteiger charge is -2.30. The maximum atomic E-state index is 15.5. The van der Waals surface area contributed by atoms with Gasteiger partial charge in [-0.15, -0.1) is 0 Å². The third-order valence-corrected chi connectivity index (χ3v) is 6.73. The first kappa shape index (κ1) is 25.8. The molecular formula is C31H30FNO5. The first-order valence-electron chi connectivity index (χ1n) is 12.7. The van der Waals surface area contributed by atoms with Crippen molar-refractivity contribution in [2.45, 2.75) is 52.7 Å². The van der Waals surface area contributed by atoms with Crippen LogP contribution >= 0.6 is 0 Å². The van der Waals surface area contributed by atoms with Crippen LogP contribution in [0.3, 0.4) is 0 Å². The summed E-state index contributed by atoms with van der Waals surface area (Å²) < 4.78 is 33.3. The number of benzene rings is 3. The first-order valence-corrected chi connectivity index (χ1v) is 12.7. The highest BCUT2D eigenvalue weighted by molar-refractivity contribution is 6.09. The van der Waals surface area contributed by atoms with Gasteiger partial charge >= 0.3 is 5.97 Å². The molecule has 3 aromatic carbocycles. The molecule has 5 rings (SSSR count). The standard InChI is InChI=1S/C31H30FNO5/c1-6-36-30(35)29(38-31(3,4)5)24-17(2)15-22-20(8-7-19(16-34)27(22)32)26(24)21-9-10-23-25-18(12-14-37-23)11-13-33-28(21)25/h7-11,13,15-16,29H,6,12,14H2,1-5H3. The monoisotopic (exact) mass is 515 g/mol. The summed E-state index contributed by atoms with van der Waals surface area (Å²) in [7, 11) is 0. The number of halogens is 1. The summed E-state index contributed by atoms with van der Waals surface area (Å²) >= 11 is 0. The fraction of sp³-hybridized carbons (Fsp3) is 0.323. The molecule has 4 aromatic rings. The zero-order chi connectivity index (χ0) is 27.2. The molecule has 0 saturated heterocycles. The van der Waals surface area contributed by atoms with Gasteiger partial charge in [-0.05, 0) is 87.0 Å². The molecule has 0 saturated carbocycles. The van der Waals surface area contributed by atoms with Gasteiger partial charge in [0.25, 0.3) is 0 Å². The molecule has 1 atom stereocenters. The molecule has 6 nitrogen and oxygen atoms in total. The van der Waals surface area contributed by atoms with Crippen LogP contribution in [0.2, 0.25) is 0 Å². The molecular weight excluding hydrogens is 485 g/mol. The molecule has 1 unspecified atom stereocenters. The van der Waals surface area contributed by atoms with E-state index >= 15 is 4.39 Å². The van der Waals surface area contributed by atoms with Crippen molar-refractivity contribution in [2.24, 2.45) is 0 Å². The summed E-state index contributed by atoms with van der Waals surface area (Å²) in [5, 5.41) is 1.71. The second-order valence-electron chi connectivity index (χ2n) is 10.4. The predicted octanol–water partition coefficient (Wildman–Crippen LogP) is 6.67. The van der Waals surface area contributed by atoms with Crippen molar-refractivity contribution in [1.82, 2.24) is 4.98 Å². The Hall–Kier alpha value is -3.84. The van der Waals surface area contributed by atoms with Crippen molar-refractivity contribution in [3.63, 3.8) is 0 Å². The van der Waals surface area contributed by atoms with Gasteiger partial charge in [0, 0.05) is 34.5 Å². The fourth-order valence-electron chi connectivity index (χ4n) is 5.22. The Kier molecular flexibility index (Phi) is 6.65. The number of carbonyl (C=O) groups is 2. The number of ether oxygens (including phenoxy) is 3. The number of hydrogen-bond donors (Lipinski definition) is 0. The Balaban J connectivity index is 1.93. The van der Waals surface area contributed by atoms with Crippen molar-refractivity contribution in [1.29, 1.82) is 0 Å².